The first kappa shape index (κ1) is 21.5. The fourth-order valence-corrected chi connectivity index (χ4v) is 5.63. The standard InChI is InChI=1S/C27H23N5O2S/c1-31-15-19(17-7-2-4-9-21(17)31)23-24(26(34)30-25(23)33)20-16-32(22-10-5-3-8-18(20)22)13-6-14-35-27-28-11-12-29-27/h2-5,7-12,15-16H,6,13-14H2,1H3,(H,28,29)(H,30,33,34). The van der Waals surface area contributed by atoms with E-state index in [9.17, 15) is 9.59 Å². The number of amides is 2. The summed E-state index contributed by atoms with van der Waals surface area (Å²) in [4.78, 5) is 33.6. The molecule has 0 spiro atoms. The zero-order valence-electron chi connectivity index (χ0n) is 19.1. The van der Waals surface area contributed by atoms with Crippen molar-refractivity contribution in [2.75, 3.05) is 5.75 Å². The van der Waals surface area contributed by atoms with Gasteiger partial charge in [-0.25, -0.2) is 4.98 Å². The Hall–Kier alpha value is -4.04. The summed E-state index contributed by atoms with van der Waals surface area (Å²) < 4.78 is 4.17. The molecule has 0 unspecified atom stereocenters. The van der Waals surface area contributed by atoms with Gasteiger partial charge in [0, 0.05) is 77.1 Å². The minimum absolute atomic E-state index is 0.353. The van der Waals surface area contributed by atoms with E-state index in [-0.39, 0.29) is 11.8 Å². The Morgan fingerprint density at radius 3 is 2.26 bits per heavy atom. The third kappa shape index (κ3) is 3.66. The average Bonchev–Trinajstić information content (AvgIpc) is 3.63. The second kappa shape index (κ2) is 8.63. The Balaban J connectivity index is 1.43. The molecule has 0 atom stereocenters. The van der Waals surface area contributed by atoms with Gasteiger partial charge >= 0.3 is 0 Å². The van der Waals surface area contributed by atoms with Gasteiger partial charge in [0.15, 0.2) is 5.16 Å². The summed E-state index contributed by atoms with van der Waals surface area (Å²) in [6, 6.07) is 16.0. The number of hydrogen-bond acceptors (Lipinski definition) is 4. The van der Waals surface area contributed by atoms with Gasteiger partial charge < -0.3 is 14.1 Å². The lowest BCUT2D eigenvalue weighted by molar-refractivity contribution is -0.122. The third-order valence-corrected chi connectivity index (χ3v) is 7.40. The molecule has 7 nitrogen and oxygen atoms in total. The normalized spacial score (nSPS) is 14.0. The monoisotopic (exact) mass is 481 g/mol. The van der Waals surface area contributed by atoms with Gasteiger partial charge in [-0.3, -0.25) is 14.9 Å². The zero-order chi connectivity index (χ0) is 23.9. The number of thioether (sulfide) groups is 1. The highest BCUT2D eigenvalue weighted by molar-refractivity contribution is 7.99. The molecule has 3 aromatic heterocycles. The quantitative estimate of drug-likeness (QED) is 0.202. The SMILES string of the molecule is Cn1cc(C2=C(c3cn(CCCSc4ncc[nH]4)c4ccccc34)C(=O)NC2=O)c2ccccc21. The smallest absolute Gasteiger partial charge is 0.259 e. The van der Waals surface area contributed by atoms with Gasteiger partial charge in [0.25, 0.3) is 11.8 Å². The third-order valence-electron chi connectivity index (χ3n) is 6.41. The van der Waals surface area contributed by atoms with Crippen molar-refractivity contribution in [1.82, 2.24) is 24.4 Å². The molecule has 0 bridgehead atoms. The molecular formula is C27H23N5O2S. The van der Waals surface area contributed by atoms with Crippen molar-refractivity contribution in [3.63, 3.8) is 0 Å². The van der Waals surface area contributed by atoms with E-state index >= 15 is 0 Å². The van der Waals surface area contributed by atoms with E-state index in [1.54, 1.807) is 18.0 Å². The minimum Gasteiger partial charge on any atom is -0.350 e. The molecule has 174 valence electrons. The number of carbonyl (C=O) groups is 2. The van der Waals surface area contributed by atoms with Crippen molar-refractivity contribution in [1.29, 1.82) is 0 Å². The van der Waals surface area contributed by atoms with Crippen molar-refractivity contribution in [2.24, 2.45) is 7.05 Å². The Bertz CT molecular complexity index is 1620. The van der Waals surface area contributed by atoms with Crippen molar-refractivity contribution in [3.05, 3.63) is 84.4 Å². The van der Waals surface area contributed by atoms with Gasteiger partial charge in [-0.05, 0) is 18.6 Å². The van der Waals surface area contributed by atoms with Crippen LogP contribution in [0.4, 0.5) is 0 Å². The maximum Gasteiger partial charge on any atom is 0.259 e. The number of imide groups is 1. The summed E-state index contributed by atoms with van der Waals surface area (Å²) in [6.45, 7) is 0.792. The van der Waals surface area contributed by atoms with E-state index < -0.39 is 0 Å². The number of nitrogens with zero attached hydrogens (tertiary/aromatic N) is 3. The van der Waals surface area contributed by atoms with Crippen LogP contribution in [0.1, 0.15) is 17.5 Å². The van der Waals surface area contributed by atoms with Crippen LogP contribution in [-0.4, -0.2) is 36.7 Å². The van der Waals surface area contributed by atoms with Crippen LogP contribution in [-0.2, 0) is 23.2 Å². The molecule has 35 heavy (non-hydrogen) atoms. The van der Waals surface area contributed by atoms with Gasteiger partial charge in [0.1, 0.15) is 0 Å². The van der Waals surface area contributed by atoms with Gasteiger partial charge in [0.2, 0.25) is 0 Å². The molecule has 1 aliphatic heterocycles. The van der Waals surface area contributed by atoms with E-state index in [0.29, 0.717) is 11.1 Å². The number of para-hydroxylation sites is 2. The van der Waals surface area contributed by atoms with Crippen molar-refractivity contribution < 1.29 is 9.59 Å². The summed E-state index contributed by atoms with van der Waals surface area (Å²) in [5.41, 5.74) is 4.48. The molecule has 0 aliphatic carbocycles. The largest absolute Gasteiger partial charge is 0.350 e. The molecular weight excluding hydrogens is 458 g/mol. The lowest BCUT2D eigenvalue weighted by Gasteiger charge is -2.04. The summed E-state index contributed by atoms with van der Waals surface area (Å²) in [5, 5.41) is 5.37. The molecule has 6 rings (SSSR count). The Morgan fingerprint density at radius 1 is 0.886 bits per heavy atom. The van der Waals surface area contributed by atoms with Crippen molar-refractivity contribution in [3.8, 4) is 0 Å². The van der Waals surface area contributed by atoms with Crippen molar-refractivity contribution >= 4 is 56.5 Å². The molecule has 0 saturated carbocycles. The van der Waals surface area contributed by atoms with Crippen LogP contribution in [0.15, 0.2) is 78.5 Å². The van der Waals surface area contributed by atoms with Crippen LogP contribution in [0.5, 0.6) is 0 Å². The Labute approximate surface area is 205 Å². The number of rotatable bonds is 7. The van der Waals surface area contributed by atoms with E-state index in [1.807, 2.05) is 72.7 Å². The van der Waals surface area contributed by atoms with Gasteiger partial charge in [-0.1, -0.05) is 48.2 Å². The molecule has 2 N–H and O–H groups in total. The first-order chi connectivity index (χ1) is 17.1. The predicted octanol–water partition coefficient (Wildman–Crippen LogP) is 4.61. The fourth-order valence-electron chi connectivity index (χ4n) is 4.87. The number of fused-ring (bicyclic) bond motifs is 2. The molecule has 2 aromatic carbocycles. The van der Waals surface area contributed by atoms with Crippen LogP contribution >= 0.6 is 11.8 Å². The highest BCUT2D eigenvalue weighted by Crippen LogP contribution is 2.38. The number of hydrogen-bond donors (Lipinski definition) is 2. The molecule has 8 heteroatoms. The molecule has 5 aromatic rings. The highest BCUT2D eigenvalue weighted by Gasteiger charge is 2.35. The molecule has 0 radical (unpaired) electrons. The summed E-state index contributed by atoms with van der Waals surface area (Å²) in [7, 11) is 1.95. The predicted molar refractivity (Wildman–Crippen MR) is 139 cm³/mol. The number of aromatic amines is 1. The first-order valence-corrected chi connectivity index (χ1v) is 12.4. The van der Waals surface area contributed by atoms with Gasteiger partial charge in [-0.15, -0.1) is 0 Å². The molecule has 2 amide bonds. The topological polar surface area (TPSA) is 84.7 Å². The number of benzene rings is 2. The average molecular weight is 482 g/mol. The lowest BCUT2D eigenvalue weighted by Crippen LogP contribution is -2.22. The number of imidazole rings is 1. The second-order valence-corrected chi connectivity index (χ2v) is 9.64. The second-order valence-electron chi connectivity index (χ2n) is 8.55. The number of aryl methyl sites for hydroxylation is 2. The number of nitrogens with one attached hydrogen (secondary N) is 2. The maximum atomic E-state index is 13.1. The molecule has 1 aliphatic rings. The van der Waals surface area contributed by atoms with Gasteiger partial charge in [0.05, 0.1) is 11.1 Å². The van der Waals surface area contributed by atoms with E-state index in [1.165, 1.54) is 0 Å². The fraction of sp³-hybridized carbons (Fsp3) is 0.148. The Morgan fingerprint density at radius 2 is 1.54 bits per heavy atom. The van der Waals surface area contributed by atoms with Crippen LogP contribution in [0.25, 0.3) is 33.0 Å². The molecule has 0 fully saturated rings. The summed E-state index contributed by atoms with van der Waals surface area (Å²) >= 11 is 1.69. The summed E-state index contributed by atoms with van der Waals surface area (Å²) in [5.74, 6) is 0.209. The molecule has 4 heterocycles. The van der Waals surface area contributed by atoms with E-state index in [2.05, 4.69) is 25.9 Å². The zero-order valence-corrected chi connectivity index (χ0v) is 19.9. The van der Waals surface area contributed by atoms with E-state index in [0.717, 1.165) is 56.8 Å². The Kier molecular flexibility index (Phi) is 5.30. The first-order valence-electron chi connectivity index (χ1n) is 11.5. The minimum atomic E-state index is -0.354. The lowest BCUT2D eigenvalue weighted by atomic mass is 9.95. The number of aromatic nitrogens is 4. The van der Waals surface area contributed by atoms with Crippen LogP contribution in [0.3, 0.4) is 0 Å². The van der Waals surface area contributed by atoms with E-state index in [4.69, 9.17) is 0 Å². The van der Waals surface area contributed by atoms with Crippen LogP contribution < -0.4 is 5.32 Å². The number of carbonyl (C=O) groups excluding carboxylic acids is 2. The summed E-state index contributed by atoms with van der Waals surface area (Å²) in [6.07, 6.45) is 8.46. The van der Waals surface area contributed by atoms with Crippen molar-refractivity contribution in [2.45, 2.75) is 18.1 Å². The molecule has 0 saturated heterocycles. The van der Waals surface area contributed by atoms with Gasteiger partial charge in [-0.2, -0.15) is 0 Å². The number of H-pyrrole nitrogens is 1. The van der Waals surface area contributed by atoms with Crippen LogP contribution in [0, 0.1) is 0 Å². The van der Waals surface area contributed by atoms with Crippen LogP contribution in [0.2, 0.25) is 0 Å². The highest BCUT2D eigenvalue weighted by atomic mass is 32.2. The maximum absolute atomic E-state index is 13.1.